The number of nitrogen functional groups attached to an aromatic ring is 1. The van der Waals surface area contributed by atoms with E-state index in [4.69, 9.17) is 10.5 Å². The standard InChI is InChI=1S/C11H16FN3O/c1-7-4-2-3-5-9(7)16-10-8(12)6-14-11(13)15-10/h6-7,9H,2-5H2,1H3,(H2,13,14,15). The van der Waals surface area contributed by atoms with Crippen molar-refractivity contribution in [3.8, 4) is 5.88 Å². The summed E-state index contributed by atoms with van der Waals surface area (Å²) in [4.78, 5) is 7.33. The largest absolute Gasteiger partial charge is 0.472 e. The monoisotopic (exact) mass is 225 g/mol. The van der Waals surface area contributed by atoms with Crippen molar-refractivity contribution >= 4 is 5.95 Å². The van der Waals surface area contributed by atoms with Gasteiger partial charge in [-0.25, -0.2) is 4.98 Å². The summed E-state index contributed by atoms with van der Waals surface area (Å²) in [6.07, 6.45) is 5.49. The lowest BCUT2D eigenvalue weighted by Gasteiger charge is -2.28. The molecule has 1 saturated carbocycles. The number of nitrogens with zero attached hydrogens (tertiary/aromatic N) is 2. The highest BCUT2D eigenvalue weighted by atomic mass is 19.1. The molecule has 4 nitrogen and oxygen atoms in total. The van der Waals surface area contributed by atoms with Crippen molar-refractivity contribution in [3.05, 3.63) is 12.0 Å². The van der Waals surface area contributed by atoms with Crippen LogP contribution in [0.1, 0.15) is 32.6 Å². The van der Waals surface area contributed by atoms with Crippen LogP contribution in [0.2, 0.25) is 0 Å². The highest BCUT2D eigenvalue weighted by Gasteiger charge is 2.24. The Kier molecular flexibility index (Phi) is 3.22. The minimum Gasteiger partial charge on any atom is -0.472 e. The molecule has 1 aromatic rings. The molecule has 2 atom stereocenters. The number of rotatable bonds is 2. The molecular formula is C11H16FN3O. The fourth-order valence-corrected chi connectivity index (χ4v) is 2.05. The van der Waals surface area contributed by atoms with Gasteiger partial charge >= 0.3 is 0 Å². The van der Waals surface area contributed by atoms with Crippen LogP contribution in [0.15, 0.2) is 6.20 Å². The third kappa shape index (κ3) is 2.40. The summed E-state index contributed by atoms with van der Waals surface area (Å²) in [5.41, 5.74) is 5.40. The topological polar surface area (TPSA) is 61.0 Å². The minimum atomic E-state index is -0.549. The van der Waals surface area contributed by atoms with Crippen LogP contribution in [0.4, 0.5) is 10.3 Å². The number of aromatic nitrogens is 2. The molecule has 16 heavy (non-hydrogen) atoms. The second-order valence-corrected chi connectivity index (χ2v) is 4.30. The van der Waals surface area contributed by atoms with Crippen molar-refractivity contribution < 1.29 is 9.13 Å². The van der Waals surface area contributed by atoms with Gasteiger partial charge in [0.2, 0.25) is 11.8 Å². The van der Waals surface area contributed by atoms with Crippen LogP contribution in [-0.4, -0.2) is 16.1 Å². The van der Waals surface area contributed by atoms with Crippen molar-refractivity contribution in [1.82, 2.24) is 9.97 Å². The summed E-state index contributed by atoms with van der Waals surface area (Å²) in [7, 11) is 0. The first-order valence-corrected chi connectivity index (χ1v) is 5.61. The summed E-state index contributed by atoms with van der Waals surface area (Å²) in [6, 6.07) is 0. The Morgan fingerprint density at radius 2 is 2.19 bits per heavy atom. The van der Waals surface area contributed by atoms with E-state index >= 15 is 0 Å². The van der Waals surface area contributed by atoms with Crippen molar-refractivity contribution in [1.29, 1.82) is 0 Å². The van der Waals surface area contributed by atoms with Crippen molar-refractivity contribution in [2.24, 2.45) is 5.92 Å². The normalized spacial score (nSPS) is 25.4. The Bertz CT molecular complexity index is 372. The van der Waals surface area contributed by atoms with E-state index in [2.05, 4.69) is 16.9 Å². The van der Waals surface area contributed by atoms with Crippen LogP contribution < -0.4 is 10.5 Å². The molecule has 1 heterocycles. The molecule has 0 amide bonds. The summed E-state index contributed by atoms with van der Waals surface area (Å²) < 4.78 is 18.9. The van der Waals surface area contributed by atoms with Crippen LogP contribution >= 0.6 is 0 Å². The lowest BCUT2D eigenvalue weighted by Crippen LogP contribution is -2.29. The van der Waals surface area contributed by atoms with E-state index < -0.39 is 5.82 Å². The van der Waals surface area contributed by atoms with Gasteiger partial charge in [-0.1, -0.05) is 13.3 Å². The van der Waals surface area contributed by atoms with Crippen LogP contribution in [0.25, 0.3) is 0 Å². The summed E-state index contributed by atoms with van der Waals surface area (Å²) in [5.74, 6) is -0.0950. The molecule has 0 aromatic carbocycles. The first-order valence-electron chi connectivity index (χ1n) is 5.61. The van der Waals surface area contributed by atoms with Crippen molar-refractivity contribution in [3.63, 3.8) is 0 Å². The van der Waals surface area contributed by atoms with Gasteiger partial charge in [0.25, 0.3) is 5.88 Å². The zero-order chi connectivity index (χ0) is 11.5. The van der Waals surface area contributed by atoms with E-state index in [1.165, 1.54) is 6.42 Å². The molecular weight excluding hydrogens is 209 g/mol. The molecule has 1 fully saturated rings. The van der Waals surface area contributed by atoms with Gasteiger partial charge in [-0.15, -0.1) is 0 Å². The first-order chi connectivity index (χ1) is 7.66. The molecule has 1 aliphatic rings. The third-order valence-electron chi connectivity index (χ3n) is 3.03. The van der Waals surface area contributed by atoms with Crippen molar-refractivity contribution in [2.75, 3.05) is 5.73 Å². The Labute approximate surface area is 94.0 Å². The number of nitrogens with two attached hydrogens (primary N) is 1. The molecule has 0 radical (unpaired) electrons. The highest BCUT2D eigenvalue weighted by molar-refractivity contribution is 5.22. The summed E-state index contributed by atoms with van der Waals surface area (Å²) in [6.45, 7) is 2.12. The molecule has 0 aliphatic heterocycles. The van der Waals surface area contributed by atoms with Gasteiger partial charge in [0.15, 0.2) is 0 Å². The minimum absolute atomic E-state index is 0.0220. The van der Waals surface area contributed by atoms with Crippen molar-refractivity contribution in [2.45, 2.75) is 38.7 Å². The first kappa shape index (κ1) is 11.1. The number of hydrogen-bond acceptors (Lipinski definition) is 4. The van der Waals surface area contributed by atoms with E-state index in [1.807, 2.05) is 0 Å². The fourth-order valence-electron chi connectivity index (χ4n) is 2.05. The predicted molar refractivity (Wildman–Crippen MR) is 58.5 cm³/mol. The number of ether oxygens (including phenoxy) is 1. The fraction of sp³-hybridized carbons (Fsp3) is 0.636. The highest BCUT2D eigenvalue weighted by Crippen LogP contribution is 2.28. The Morgan fingerprint density at radius 1 is 1.44 bits per heavy atom. The zero-order valence-corrected chi connectivity index (χ0v) is 9.32. The van der Waals surface area contributed by atoms with Gasteiger partial charge in [0.1, 0.15) is 6.10 Å². The van der Waals surface area contributed by atoms with Crippen LogP contribution in [0.3, 0.4) is 0 Å². The molecule has 88 valence electrons. The molecule has 0 spiro atoms. The molecule has 0 bridgehead atoms. The maximum atomic E-state index is 13.3. The number of halogens is 1. The molecule has 0 saturated heterocycles. The Hall–Kier alpha value is -1.39. The smallest absolute Gasteiger partial charge is 0.255 e. The maximum absolute atomic E-state index is 13.3. The molecule has 1 aliphatic carbocycles. The Morgan fingerprint density at radius 3 is 2.94 bits per heavy atom. The van der Waals surface area contributed by atoms with Gasteiger partial charge in [0.05, 0.1) is 6.20 Å². The predicted octanol–water partition coefficient (Wildman–Crippen LogP) is 2.16. The summed E-state index contributed by atoms with van der Waals surface area (Å²) >= 11 is 0. The third-order valence-corrected chi connectivity index (χ3v) is 3.03. The lowest BCUT2D eigenvalue weighted by atomic mass is 9.88. The second kappa shape index (κ2) is 4.63. The quantitative estimate of drug-likeness (QED) is 0.837. The molecule has 1 aromatic heterocycles. The van der Waals surface area contributed by atoms with E-state index in [1.54, 1.807) is 0 Å². The van der Waals surface area contributed by atoms with Gasteiger partial charge < -0.3 is 10.5 Å². The molecule has 5 heteroatoms. The number of anilines is 1. The average Bonchev–Trinajstić information content (AvgIpc) is 2.27. The molecule has 2 rings (SSSR count). The summed E-state index contributed by atoms with van der Waals surface area (Å²) in [5, 5.41) is 0. The van der Waals surface area contributed by atoms with E-state index in [0.717, 1.165) is 25.5 Å². The molecule has 2 unspecified atom stereocenters. The maximum Gasteiger partial charge on any atom is 0.255 e. The van der Waals surface area contributed by atoms with E-state index in [-0.39, 0.29) is 17.9 Å². The molecule has 2 N–H and O–H groups in total. The average molecular weight is 225 g/mol. The van der Waals surface area contributed by atoms with Gasteiger partial charge in [0, 0.05) is 0 Å². The lowest BCUT2D eigenvalue weighted by molar-refractivity contribution is 0.0927. The van der Waals surface area contributed by atoms with E-state index in [9.17, 15) is 4.39 Å². The number of hydrogen-bond donors (Lipinski definition) is 1. The van der Waals surface area contributed by atoms with Gasteiger partial charge in [-0.3, -0.25) is 0 Å². The van der Waals surface area contributed by atoms with Gasteiger partial charge in [-0.2, -0.15) is 9.37 Å². The van der Waals surface area contributed by atoms with Crippen LogP contribution in [0, 0.1) is 11.7 Å². The van der Waals surface area contributed by atoms with Gasteiger partial charge in [-0.05, 0) is 25.2 Å². The zero-order valence-electron chi connectivity index (χ0n) is 9.32. The van der Waals surface area contributed by atoms with Crippen LogP contribution in [0.5, 0.6) is 5.88 Å². The SMILES string of the molecule is CC1CCCCC1Oc1nc(N)ncc1F. The Balaban J connectivity index is 2.10. The van der Waals surface area contributed by atoms with Crippen LogP contribution in [-0.2, 0) is 0 Å². The van der Waals surface area contributed by atoms with E-state index in [0.29, 0.717) is 5.92 Å². The second-order valence-electron chi connectivity index (χ2n) is 4.30.